The quantitative estimate of drug-likeness (QED) is 0.602. The fourth-order valence-corrected chi connectivity index (χ4v) is 3.96. The van der Waals surface area contributed by atoms with Crippen LogP contribution in [0.15, 0.2) is 59.8 Å². The molecule has 1 unspecified atom stereocenters. The molecule has 1 fully saturated rings. The van der Waals surface area contributed by atoms with Gasteiger partial charge in [0.1, 0.15) is 5.82 Å². The van der Waals surface area contributed by atoms with Crippen LogP contribution in [0.3, 0.4) is 0 Å². The van der Waals surface area contributed by atoms with Crippen LogP contribution in [0.5, 0.6) is 0 Å². The van der Waals surface area contributed by atoms with Gasteiger partial charge in [-0.1, -0.05) is 42.1 Å². The number of aromatic nitrogens is 3. The number of amides is 1. The minimum Gasteiger partial charge on any atom is -0.376 e. The molecular formula is C21H21FN4O2S. The summed E-state index contributed by atoms with van der Waals surface area (Å²) in [6.45, 7) is 1.29. The number of nitrogens with zero attached hydrogens (tertiary/aromatic N) is 3. The minimum absolute atomic E-state index is 0.0829. The van der Waals surface area contributed by atoms with Crippen molar-refractivity contribution < 1.29 is 13.9 Å². The van der Waals surface area contributed by atoms with Crippen LogP contribution < -0.4 is 5.32 Å². The molecule has 8 heteroatoms. The van der Waals surface area contributed by atoms with Gasteiger partial charge in [-0.25, -0.2) is 4.39 Å². The van der Waals surface area contributed by atoms with E-state index in [2.05, 4.69) is 15.5 Å². The molecule has 0 spiro atoms. The zero-order valence-corrected chi connectivity index (χ0v) is 16.6. The normalized spacial score (nSPS) is 16.1. The summed E-state index contributed by atoms with van der Waals surface area (Å²) in [7, 11) is 0. The van der Waals surface area contributed by atoms with E-state index in [1.165, 1.54) is 23.9 Å². The van der Waals surface area contributed by atoms with E-state index in [1.54, 1.807) is 12.1 Å². The molecule has 1 amide bonds. The van der Waals surface area contributed by atoms with Crippen molar-refractivity contribution in [1.82, 2.24) is 20.1 Å². The minimum atomic E-state index is -0.314. The standard InChI is InChI=1S/C21H21FN4O2S/c22-16-8-10-17(11-9-16)26-20(15-5-2-1-3-6-15)24-25-21(26)29-14-19(27)23-13-18-7-4-12-28-18/h1-3,5-6,8-11,18H,4,7,12-14H2,(H,23,27). The molecule has 1 aliphatic heterocycles. The third-order valence-electron chi connectivity index (χ3n) is 4.63. The van der Waals surface area contributed by atoms with Gasteiger partial charge in [0.2, 0.25) is 5.91 Å². The molecule has 4 rings (SSSR count). The summed E-state index contributed by atoms with van der Waals surface area (Å²) >= 11 is 1.29. The Morgan fingerprint density at radius 1 is 1.17 bits per heavy atom. The molecule has 6 nitrogen and oxygen atoms in total. The fourth-order valence-electron chi connectivity index (χ4n) is 3.17. The lowest BCUT2D eigenvalue weighted by molar-refractivity contribution is -0.119. The summed E-state index contributed by atoms with van der Waals surface area (Å²) in [5, 5.41) is 12.1. The molecule has 1 saturated heterocycles. The number of carbonyl (C=O) groups excluding carboxylic acids is 1. The summed E-state index contributed by atoms with van der Waals surface area (Å²) in [5.74, 6) is 0.451. The highest BCUT2D eigenvalue weighted by atomic mass is 32.2. The Labute approximate surface area is 172 Å². The van der Waals surface area contributed by atoms with Crippen molar-refractivity contribution in [3.63, 3.8) is 0 Å². The maximum atomic E-state index is 13.4. The summed E-state index contributed by atoms with van der Waals surface area (Å²) < 4.78 is 20.8. The molecule has 0 saturated carbocycles. The van der Waals surface area contributed by atoms with Crippen LogP contribution in [0.2, 0.25) is 0 Å². The topological polar surface area (TPSA) is 69.0 Å². The molecule has 3 aromatic rings. The summed E-state index contributed by atoms with van der Waals surface area (Å²) in [6.07, 6.45) is 2.13. The van der Waals surface area contributed by atoms with Crippen LogP contribution in [-0.2, 0) is 9.53 Å². The average Bonchev–Trinajstić information content (AvgIpc) is 3.42. The van der Waals surface area contributed by atoms with Gasteiger partial charge in [0, 0.05) is 24.4 Å². The van der Waals surface area contributed by atoms with Gasteiger partial charge in [-0.3, -0.25) is 9.36 Å². The van der Waals surface area contributed by atoms with Crippen LogP contribution in [0.4, 0.5) is 4.39 Å². The molecule has 2 aromatic carbocycles. The number of hydrogen-bond acceptors (Lipinski definition) is 5. The summed E-state index contributed by atoms with van der Waals surface area (Å²) in [5.41, 5.74) is 1.62. The molecular weight excluding hydrogens is 391 g/mol. The van der Waals surface area contributed by atoms with Gasteiger partial charge in [0.05, 0.1) is 11.9 Å². The Morgan fingerprint density at radius 3 is 2.69 bits per heavy atom. The van der Waals surface area contributed by atoms with Crippen LogP contribution in [0.1, 0.15) is 12.8 Å². The Balaban J connectivity index is 1.52. The predicted molar refractivity (Wildman–Crippen MR) is 109 cm³/mol. The second kappa shape index (κ2) is 9.19. The highest BCUT2D eigenvalue weighted by Gasteiger charge is 2.19. The monoisotopic (exact) mass is 412 g/mol. The number of hydrogen-bond donors (Lipinski definition) is 1. The van der Waals surface area contributed by atoms with E-state index in [4.69, 9.17) is 4.74 Å². The van der Waals surface area contributed by atoms with Crippen molar-refractivity contribution in [3.8, 4) is 17.1 Å². The van der Waals surface area contributed by atoms with Crippen molar-refractivity contribution in [2.75, 3.05) is 18.9 Å². The number of carbonyl (C=O) groups is 1. The van der Waals surface area contributed by atoms with E-state index in [0.717, 1.165) is 30.7 Å². The fraction of sp³-hybridized carbons (Fsp3) is 0.286. The van der Waals surface area contributed by atoms with Gasteiger partial charge in [-0.05, 0) is 37.1 Å². The second-order valence-corrected chi connectivity index (χ2v) is 7.65. The van der Waals surface area contributed by atoms with Gasteiger partial charge in [0.15, 0.2) is 11.0 Å². The number of halogens is 1. The SMILES string of the molecule is O=C(CSc1nnc(-c2ccccc2)n1-c1ccc(F)cc1)NCC1CCCO1. The van der Waals surface area contributed by atoms with Crippen LogP contribution in [0.25, 0.3) is 17.1 Å². The van der Waals surface area contributed by atoms with Crippen molar-refractivity contribution in [3.05, 3.63) is 60.4 Å². The lowest BCUT2D eigenvalue weighted by Gasteiger charge is -2.12. The first-order chi connectivity index (χ1) is 14.2. The van der Waals surface area contributed by atoms with Gasteiger partial charge in [-0.2, -0.15) is 0 Å². The van der Waals surface area contributed by atoms with Gasteiger partial charge in [-0.15, -0.1) is 10.2 Å². The Kier molecular flexibility index (Phi) is 6.21. The molecule has 0 bridgehead atoms. The smallest absolute Gasteiger partial charge is 0.230 e. The number of rotatable bonds is 7. The predicted octanol–water partition coefficient (Wildman–Crippen LogP) is 3.46. The lowest BCUT2D eigenvalue weighted by atomic mass is 10.2. The van der Waals surface area contributed by atoms with E-state index in [-0.39, 0.29) is 23.6 Å². The van der Waals surface area contributed by atoms with E-state index in [0.29, 0.717) is 17.5 Å². The first-order valence-corrected chi connectivity index (χ1v) is 10.5. The number of ether oxygens (including phenoxy) is 1. The largest absolute Gasteiger partial charge is 0.376 e. The highest BCUT2D eigenvalue weighted by molar-refractivity contribution is 7.99. The van der Waals surface area contributed by atoms with Crippen molar-refractivity contribution >= 4 is 17.7 Å². The number of thioether (sulfide) groups is 1. The lowest BCUT2D eigenvalue weighted by Crippen LogP contribution is -2.32. The number of benzene rings is 2. The molecule has 1 aromatic heterocycles. The third kappa shape index (κ3) is 4.83. The zero-order chi connectivity index (χ0) is 20.1. The molecule has 29 heavy (non-hydrogen) atoms. The van der Waals surface area contributed by atoms with E-state index in [9.17, 15) is 9.18 Å². The van der Waals surface area contributed by atoms with Crippen molar-refractivity contribution in [2.24, 2.45) is 0 Å². The molecule has 150 valence electrons. The summed E-state index contributed by atoms with van der Waals surface area (Å²) in [6, 6.07) is 15.8. The first kappa shape index (κ1) is 19.6. The van der Waals surface area contributed by atoms with Gasteiger partial charge < -0.3 is 10.1 Å². The van der Waals surface area contributed by atoms with E-state index in [1.807, 2.05) is 34.9 Å². The molecule has 1 aliphatic rings. The second-order valence-electron chi connectivity index (χ2n) is 6.71. The average molecular weight is 412 g/mol. The Morgan fingerprint density at radius 2 is 1.97 bits per heavy atom. The Hall–Kier alpha value is -2.71. The highest BCUT2D eigenvalue weighted by Crippen LogP contribution is 2.28. The molecule has 0 aliphatic carbocycles. The van der Waals surface area contributed by atoms with Crippen LogP contribution in [0, 0.1) is 5.82 Å². The number of nitrogens with one attached hydrogen (secondary N) is 1. The maximum Gasteiger partial charge on any atom is 0.230 e. The summed E-state index contributed by atoms with van der Waals surface area (Å²) in [4.78, 5) is 12.2. The molecule has 1 N–H and O–H groups in total. The Bertz CT molecular complexity index is 957. The van der Waals surface area contributed by atoms with Crippen molar-refractivity contribution in [2.45, 2.75) is 24.1 Å². The van der Waals surface area contributed by atoms with Gasteiger partial charge >= 0.3 is 0 Å². The first-order valence-electron chi connectivity index (χ1n) is 9.48. The van der Waals surface area contributed by atoms with E-state index >= 15 is 0 Å². The van der Waals surface area contributed by atoms with Crippen molar-refractivity contribution in [1.29, 1.82) is 0 Å². The van der Waals surface area contributed by atoms with E-state index < -0.39 is 0 Å². The molecule has 0 radical (unpaired) electrons. The third-order valence-corrected chi connectivity index (χ3v) is 5.56. The zero-order valence-electron chi connectivity index (χ0n) is 15.8. The molecule has 2 heterocycles. The van der Waals surface area contributed by atoms with Crippen LogP contribution >= 0.6 is 11.8 Å². The van der Waals surface area contributed by atoms with Crippen LogP contribution in [-0.4, -0.2) is 45.7 Å². The maximum absolute atomic E-state index is 13.4. The van der Waals surface area contributed by atoms with Gasteiger partial charge in [0.25, 0.3) is 0 Å². The molecule has 1 atom stereocenters.